The van der Waals surface area contributed by atoms with E-state index in [0.29, 0.717) is 12.2 Å². The van der Waals surface area contributed by atoms with E-state index in [1.807, 2.05) is 0 Å². The Morgan fingerprint density at radius 1 is 1.53 bits per heavy atom. The monoisotopic (exact) mass is 301 g/mol. The third kappa shape index (κ3) is 3.41. The number of rotatable bonds is 6. The highest BCUT2D eigenvalue weighted by Crippen LogP contribution is 2.23. The van der Waals surface area contributed by atoms with Crippen LogP contribution in [0.15, 0.2) is 28.7 Å². The number of aromatic nitrogens is 2. The Labute approximate surface area is 115 Å². The van der Waals surface area contributed by atoms with Gasteiger partial charge in [0, 0.05) is 30.3 Å². The molecular weight excluding hydrogens is 286 g/mol. The third-order valence-electron chi connectivity index (χ3n) is 2.52. The minimum Gasteiger partial charge on any atom is -0.396 e. The molecule has 0 saturated heterocycles. The first kappa shape index (κ1) is 14.2. The van der Waals surface area contributed by atoms with E-state index in [4.69, 9.17) is 5.11 Å². The number of H-pyrrole nitrogens is 1. The van der Waals surface area contributed by atoms with Gasteiger partial charge < -0.3 is 10.1 Å². The van der Waals surface area contributed by atoms with Crippen molar-refractivity contribution >= 4 is 21.4 Å². The molecule has 6 nitrogen and oxygen atoms in total. The van der Waals surface area contributed by atoms with Crippen LogP contribution >= 0.6 is 11.3 Å². The molecule has 2 rings (SSSR count). The molecule has 0 radical (unpaired) electrons. The lowest BCUT2D eigenvalue weighted by atomic mass is 10.3. The Kier molecular flexibility index (Phi) is 4.35. The first-order chi connectivity index (χ1) is 9.03. The van der Waals surface area contributed by atoms with Crippen LogP contribution in [-0.2, 0) is 16.4 Å². The maximum Gasteiger partial charge on any atom is 0.250 e. The van der Waals surface area contributed by atoms with E-state index in [0.717, 1.165) is 16.2 Å². The molecule has 104 valence electrons. The van der Waals surface area contributed by atoms with Gasteiger partial charge in [0.15, 0.2) is 0 Å². The molecule has 0 fully saturated rings. The van der Waals surface area contributed by atoms with E-state index in [2.05, 4.69) is 14.7 Å². The molecule has 1 unspecified atom stereocenters. The van der Waals surface area contributed by atoms with Gasteiger partial charge in [-0.05, 0) is 19.1 Å². The fourth-order valence-corrected chi connectivity index (χ4v) is 4.18. The number of aliphatic hydroxyl groups is 1. The van der Waals surface area contributed by atoms with Gasteiger partial charge in [-0.2, -0.15) is 0 Å². The summed E-state index contributed by atoms with van der Waals surface area (Å²) in [6.45, 7) is 1.73. The second-order valence-electron chi connectivity index (χ2n) is 4.01. The van der Waals surface area contributed by atoms with Gasteiger partial charge in [0.2, 0.25) is 0 Å². The molecule has 0 saturated carbocycles. The lowest BCUT2D eigenvalue weighted by molar-refractivity contribution is 0.300. The number of aliphatic hydroxyl groups excluding tert-OH is 1. The van der Waals surface area contributed by atoms with Crippen molar-refractivity contribution in [1.82, 2.24) is 14.7 Å². The van der Waals surface area contributed by atoms with Crippen LogP contribution in [0.3, 0.4) is 0 Å². The summed E-state index contributed by atoms with van der Waals surface area (Å²) in [6, 6.07) is 2.84. The zero-order valence-corrected chi connectivity index (χ0v) is 12.0. The van der Waals surface area contributed by atoms with Gasteiger partial charge in [-0.3, -0.25) is 0 Å². The highest BCUT2D eigenvalue weighted by molar-refractivity contribution is 7.91. The number of nitrogens with zero attached hydrogens (tertiary/aromatic N) is 1. The second kappa shape index (κ2) is 5.83. The number of aromatic amines is 1. The van der Waals surface area contributed by atoms with Crippen molar-refractivity contribution in [3.63, 3.8) is 0 Å². The summed E-state index contributed by atoms with van der Waals surface area (Å²) in [5.41, 5.74) is 0. The summed E-state index contributed by atoms with van der Waals surface area (Å²) >= 11 is 1.16. The largest absolute Gasteiger partial charge is 0.396 e. The molecule has 0 aromatic carbocycles. The Morgan fingerprint density at radius 2 is 2.32 bits per heavy atom. The minimum atomic E-state index is -3.56. The van der Waals surface area contributed by atoms with Crippen molar-refractivity contribution in [3.8, 4) is 0 Å². The molecule has 0 amide bonds. The number of hydrogen-bond acceptors (Lipinski definition) is 5. The standard InChI is InChI=1S/C11H15N3O3S2/c1-8(11-12-5-6-13-11)14-19(16,17)10-3-2-9(18-10)4-7-15/h2-3,5-6,8,14-15H,4,7H2,1H3,(H,12,13). The number of thiophene rings is 1. The third-order valence-corrected chi connectivity index (χ3v) is 5.70. The van der Waals surface area contributed by atoms with Crippen LogP contribution in [-0.4, -0.2) is 30.1 Å². The molecule has 19 heavy (non-hydrogen) atoms. The molecule has 0 aliphatic heterocycles. The van der Waals surface area contributed by atoms with E-state index < -0.39 is 16.1 Å². The number of hydrogen-bond donors (Lipinski definition) is 3. The first-order valence-electron chi connectivity index (χ1n) is 5.74. The van der Waals surface area contributed by atoms with Crippen LogP contribution in [0.5, 0.6) is 0 Å². The molecule has 2 aromatic rings. The number of imidazole rings is 1. The molecule has 1 atom stereocenters. The van der Waals surface area contributed by atoms with Gasteiger partial charge >= 0.3 is 0 Å². The summed E-state index contributed by atoms with van der Waals surface area (Å²) in [5, 5.41) is 8.83. The summed E-state index contributed by atoms with van der Waals surface area (Å²) in [6.07, 6.45) is 3.68. The number of sulfonamides is 1. The van der Waals surface area contributed by atoms with Crippen molar-refractivity contribution in [2.24, 2.45) is 0 Å². The molecule has 0 aliphatic carbocycles. The quantitative estimate of drug-likeness (QED) is 0.743. The molecule has 2 aromatic heterocycles. The summed E-state index contributed by atoms with van der Waals surface area (Å²) in [5.74, 6) is 0.565. The van der Waals surface area contributed by atoms with Crippen LogP contribution < -0.4 is 4.72 Å². The molecular formula is C11H15N3O3S2. The topological polar surface area (TPSA) is 95.1 Å². The molecule has 0 spiro atoms. The summed E-state index contributed by atoms with van der Waals surface area (Å²) < 4.78 is 27.1. The van der Waals surface area contributed by atoms with Crippen LogP contribution in [0.4, 0.5) is 0 Å². The fraction of sp³-hybridized carbons (Fsp3) is 0.364. The Balaban J connectivity index is 2.13. The lowest BCUT2D eigenvalue weighted by Crippen LogP contribution is -2.26. The SMILES string of the molecule is CC(NS(=O)(=O)c1ccc(CCO)s1)c1ncc[nH]1. The van der Waals surface area contributed by atoms with Gasteiger partial charge in [0.25, 0.3) is 10.0 Å². The molecule has 0 aliphatic rings. The molecule has 0 bridgehead atoms. The average Bonchev–Trinajstić information content (AvgIpc) is 2.99. The Hall–Kier alpha value is -1.22. The lowest BCUT2D eigenvalue weighted by Gasteiger charge is -2.10. The smallest absolute Gasteiger partial charge is 0.250 e. The predicted octanol–water partition coefficient (Wildman–Crippen LogP) is 1.05. The van der Waals surface area contributed by atoms with Gasteiger partial charge in [-0.15, -0.1) is 11.3 Å². The van der Waals surface area contributed by atoms with E-state index >= 15 is 0 Å². The van der Waals surface area contributed by atoms with E-state index in [-0.39, 0.29) is 10.8 Å². The zero-order chi connectivity index (χ0) is 13.9. The first-order valence-corrected chi connectivity index (χ1v) is 8.04. The van der Waals surface area contributed by atoms with Crippen LogP contribution in [0.25, 0.3) is 0 Å². The van der Waals surface area contributed by atoms with Crippen molar-refractivity contribution in [3.05, 3.63) is 35.2 Å². The normalized spacial score (nSPS) is 13.6. The van der Waals surface area contributed by atoms with Crippen molar-refractivity contribution in [2.75, 3.05) is 6.61 Å². The molecule has 8 heteroatoms. The van der Waals surface area contributed by atoms with E-state index in [1.54, 1.807) is 31.5 Å². The highest BCUT2D eigenvalue weighted by Gasteiger charge is 2.21. The van der Waals surface area contributed by atoms with Crippen LogP contribution in [0.2, 0.25) is 0 Å². The maximum absolute atomic E-state index is 12.2. The highest BCUT2D eigenvalue weighted by atomic mass is 32.2. The van der Waals surface area contributed by atoms with Crippen molar-refractivity contribution in [2.45, 2.75) is 23.6 Å². The fourth-order valence-electron chi connectivity index (χ4n) is 1.61. The predicted molar refractivity (Wildman–Crippen MR) is 72.4 cm³/mol. The van der Waals surface area contributed by atoms with Crippen LogP contribution in [0.1, 0.15) is 23.7 Å². The minimum absolute atomic E-state index is 0.0101. The van der Waals surface area contributed by atoms with Gasteiger partial charge in [-0.25, -0.2) is 18.1 Å². The summed E-state index contributed by atoms with van der Waals surface area (Å²) in [7, 11) is -3.56. The zero-order valence-electron chi connectivity index (χ0n) is 10.3. The van der Waals surface area contributed by atoms with Gasteiger partial charge in [-0.1, -0.05) is 0 Å². The summed E-state index contributed by atoms with van der Waals surface area (Å²) in [4.78, 5) is 7.73. The maximum atomic E-state index is 12.2. The van der Waals surface area contributed by atoms with Crippen molar-refractivity contribution < 1.29 is 13.5 Å². The van der Waals surface area contributed by atoms with Gasteiger partial charge in [0.05, 0.1) is 6.04 Å². The Morgan fingerprint density at radius 3 is 2.95 bits per heavy atom. The van der Waals surface area contributed by atoms with Gasteiger partial charge in [0.1, 0.15) is 10.0 Å². The molecule has 3 N–H and O–H groups in total. The Bertz CT molecular complexity index is 619. The number of nitrogens with one attached hydrogen (secondary N) is 2. The second-order valence-corrected chi connectivity index (χ2v) is 7.12. The van der Waals surface area contributed by atoms with Crippen LogP contribution in [0, 0.1) is 0 Å². The average molecular weight is 301 g/mol. The molecule has 2 heterocycles. The van der Waals surface area contributed by atoms with E-state index in [1.165, 1.54) is 0 Å². The van der Waals surface area contributed by atoms with E-state index in [9.17, 15) is 8.42 Å². The van der Waals surface area contributed by atoms with Crippen molar-refractivity contribution in [1.29, 1.82) is 0 Å².